The van der Waals surface area contributed by atoms with E-state index in [1.54, 1.807) is 0 Å². The van der Waals surface area contributed by atoms with Gasteiger partial charge in [-0.05, 0) is 44.2 Å². The minimum absolute atomic E-state index is 0.191. The summed E-state index contributed by atoms with van der Waals surface area (Å²) in [6, 6.07) is 8.25. The molecule has 4 heterocycles. The van der Waals surface area contributed by atoms with Crippen molar-refractivity contribution in [3.63, 3.8) is 0 Å². The van der Waals surface area contributed by atoms with Crippen molar-refractivity contribution in [2.75, 3.05) is 38.0 Å². The van der Waals surface area contributed by atoms with Crippen molar-refractivity contribution in [1.82, 2.24) is 39.7 Å². The summed E-state index contributed by atoms with van der Waals surface area (Å²) in [5.74, 6) is 1.24. The third-order valence-electron chi connectivity index (χ3n) is 6.05. The number of piperazine rings is 1. The summed E-state index contributed by atoms with van der Waals surface area (Å²) in [6.45, 7) is 13.0. The highest BCUT2D eigenvalue weighted by molar-refractivity contribution is 6.01. The Morgan fingerprint density at radius 1 is 0.969 bits per heavy atom. The highest BCUT2D eigenvalue weighted by Crippen LogP contribution is 2.25. The Balaban J connectivity index is 1.33. The second kappa shape index (κ2) is 8.76. The lowest BCUT2D eigenvalue weighted by Crippen LogP contribution is -2.45. The minimum Gasteiger partial charge on any atom is -0.309 e. The maximum absolute atomic E-state index is 4.77. The molecule has 0 saturated carbocycles. The first-order valence-corrected chi connectivity index (χ1v) is 11.3. The Kier molecular flexibility index (Phi) is 5.67. The largest absolute Gasteiger partial charge is 0.309 e. The molecule has 0 aliphatic carbocycles. The molecule has 0 atom stereocenters. The zero-order chi connectivity index (χ0) is 22.1. The van der Waals surface area contributed by atoms with Crippen molar-refractivity contribution in [3.8, 4) is 0 Å². The first-order valence-electron chi connectivity index (χ1n) is 11.3. The van der Waals surface area contributed by atoms with Crippen LogP contribution in [0.5, 0.6) is 0 Å². The molecule has 1 aliphatic heterocycles. The maximum Gasteiger partial charge on any atom is 0.228 e. The van der Waals surface area contributed by atoms with E-state index < -0.39 is 0 Å². The smallest absolute Gasteiger partial charge is 0.228 e. The number of anilines is 2. The van der Waals surface area contributed by atoms with Crippen LogP contribution < -0.4 is 5.32 Å². The quantitative estimate of drug-likeness (QED) is 0.498. The monoisotopic (exact) mass is 431 g/mol. The Labute approximate surface area is 187 Å². The highest BCUT2D eigenvalue weighted by atomic mass is 15.4. The molecule has 1 fully saturated rings. The van der Waals surface area contributed by atoms with Crippen LogP contribution in [0.4, 0.5) is 11.8 Å². The fourth-order valence-electron chi connectivity index (χ4n) is 4.17. The van der Waals surface area contributed by atoms with Crippen LogP contribution in [0.1, 0.15) is 32.4 Å². The van der Waals surface area contributed by atoms with E-state index in [9.17, 15) is 0 Å². The van der Waals surface area contributed by atoms with Crippen molar-refractivity contribution in [2.24, 2.45) is 0 Å². The van der Waals surface area contributed by atoms with Gasteiger partial charge in [-0.15, -0.1) is 5.10 Å². The van der Waals surface area contributed by atoms with E-state index in [1.807, 2.05) is 35.3 Å². The maximum atomic E-state index is 4.77. The predicted octanol–water partition coefficient (Wildman–Crippen LogP) is 3.23. The Morgan fingerprint density at radius 2 is 1.78 bits per heavy atom. The third kappa shape index (κ3) is 4.13. The zero-order valence-electron chi connectivity index (χ0n) is 18.9. The van der Waals surface area contributed by atoms with Gasteiger partial charge in [0.05, 0.1) is 0 Å². The fraction of sp³-hybridized carbons (Fsp3) is 0.435. The Bertz CT molecular complexity index is 1210. The zero-order valence-corrected chi connectivity index (χ0v) is 18.9. The van der Waals surface area contributed by atoms with Crippen LogP contribution in [0.25, 0.3) is 21.9 Å². The second-order valence-corrected chi connectivity index (χ2v) is 8.58. The number of nitrogens with one attached hydrogen (secondary N) is 1. The lowest BCUT2D eigenvalue weighted by Gasteiger charge is -2.33. The molecule has 166 valence electrons. The van der Waals surface area contributed by atoms with Crippen LogP contribution in [-0.4, -0.2) is 72.5 Å². The number of hydrogen-bond donors (Lipinski definition) is 1. The predicted molar refractivity (Wildman–Crippen MR) is 126 cm³/mol. The number of hydrogen-bond acceptors (Lipinski definition) is 8. The number of likely N-dealkylation sites (N-methyl/N-ethyl adjacent to an activating group) is 1. The van der Waals surface area contributed by atoms with Crippen LogP contribution in [0.2, 0.25) is 0 Å². The van der Waals surface area contributed by atoms with Crippen molar-refractivity contribution in [1.29, 1.82) is 0 Å². The van der Waals surface area contributed by atoms with Gasteiger partial charge in [0, 0.05) is 56.5 Å². The van der Waals surface area contributed by atoms with Crippen LogP contribution in [-0.2, 0) is 6.54 Å². The number of pyridine rings is 1. The molecule has 0 unspecified atom stereocenters. The Hall–Kier alpha value is -3.17. The van der Waals surface area contributed by atoms with Crippen LogP contribution in [0.15, 0.2) is 36.7 Å². The number of nitrogens with zero attached hydrogens (tertiary/aromatic N) is 8. The van der Waals surface area contributed by atoms with E-state index in [0.717, 1.165) is 67.0 Å². The molecule has 0 bridgehead atoms. The van der Waals surface area contributed by atoms with Gasteiger partial charge in [-0.25, -0.2) is 19.6 Å². The average Bonchev–Trinajstić information content (AvgIpc) is 3.26. The van der Waals surface area contributed by atoms with Gasteiger partial charge in [0.1, 0.15) is 22.4 Å². The van der Waals surface area contributed by atoms with Crippen molar-refractivity contribution < 1.29 is 0 Å². The van der Waals surface area contributed by atoms with E-state index in [4.69, 9.17) is 4.98 Å². The molecule has 4 aromatic rings. The molecule has 1 saturated heterocycles. The van der Waals surface area contributed by atoms with E-state index in [2.05, 4.69) is 62.2 Å². The summed E-state index contributed by atoms with van der Waals surface area (Å²) in [5, 5.41) is 12.8. The van der Waals surface area contributed by atoms with Gasteiger partial charge in [-0.2, -0.15) is 0 Å². The SMILES string of the molecule is CCN1CCN(Cc2ccc(Nc3ncc4ccc5nnn(C(C)C)c5c4n3)nc2)CC1. The first-order chi connectivity index (χ1) is 15.6. The summed E-state index contributed by atoms with van der Waals surface area (Å²) >= 11 is 0. The molecule has 1 aliphatic rings. The summed E-state index contributed by atoms with van der Waals surface area (Å²) in [6.07, 6.45) is 3.76. The minimum atomic E-state index is 0.191. The number of fused-ring (bicyclic) bond motifs is 3. The van der Waals surface area contributed by atoms with Crippen molar-refractivity contribution in [2.45, 2.75) is 33.4 Å². The molecule has 9 heteroatoms. The molecule has 0 radical (unpaired) electrons. The number of rotatable bonds is 6. The van der Waals surface area contributed by atoms with Gasteiger partial charge in [0.25, 0.3) is 0 Å². The molecule has 5 rings (SSSR count). The highest BCUT2D eigenvalue weighted by Gasteiger charge is 2.16. The molecule has 32 heavy (non-hydrogen) atoms. The van der Waals surface area contributed by atoms with Gasteiger partial charge in [-0.1, -0.05) is 18.2 Å². The van der Waals surface area contributed by atoms with Gasteiger partial charge >= 0.3 is 0 Å². The summed E-state index contributed by atoms with van der Waals surface area (Å²) in [5.41, 5.74) is 3.81. The number of benzene rings is 1. The molecule has 1 N–H and O–H groups in total. The van der Waals surface area contributed by atoms with Gasteiger partial charge < -0.3 is 10.2 Å². The Morgan fingerprint density at radius 3 is 2.50 bits per heavy atom. The third-order valence-corrected chi connectivity index (χ3v) is 6.05. The lowest BCUT2D eigenvalue weighted by molar-refractivity contribution is 0.132. The van der Waals surface area contributed by atoms with Crippen LogP contribution in [0, 0.1) is 0 Å². The molecular formula is C23H29N9. The van der Waals surface area contributed by atoms with Crippen molar-refractivity contribution in [3.05, 3.63) is 42.2 Å². The number of aromatic nitrogens is 6. The second-order valence-electron chi connectivity index (χ2n) is 8.58. The molecule has 9 nitrogen and oxygen atoms in total. The van der Waals surface area contributed by atoms with Crippen LogP contribution in [0.3, 0.4) is 0 Å². The molecule has 3 aromatic heterocycles. The summed E-state index contributed by atoms with van der Waals surface area (Å²) in [7, 11) is 0. The summed E-state index contributed by atoms with van der Waals surface area (Å²) < 4.78 is 1.90. The molecule has 0 spiro atoms. The van der Waals surface area contributed by atoms with Gasteiger partial charge in [-0.3, -0.25) is 4.90 Å². The van der Waals surface area contributed by atoms with E-state index in [1.165, 1.54) is 5.56 Å². The normalized spacial score (nSPS) is 15.8. The van der Waals surface area contributed by atoms with E-state index in [-0.39, 0.29) is 6.04 Å². The summed E-state index contributed by atoms with van der Waals surface area (Å²) in [4.78, 5) is 18.8. The first kappa shape index (κ1) is 20.7. The average molecular weight is 432 g/mol. The standard InChI is InChI=1S/C23H29N9/c1-4-30-9-11-31(12-10-30)15-17-5-8-20(24-13-17)26-23-25-14-18-6-7-19-22(21(18)27-23)32(16(2)3)29-28-19/h5-8,13-14,16H,4,9-12,15H2,1-3H3,(H,24,25,26,27). The van der Waals surface area contributed by atoms with Crippen molar-refractivity contribution >= 4 is 33.7 Å². The van der Waals surface area contributed by atoms with Gasteiger partial charge in [0.15, 0.2) is 0 Å². The van der Waals surface area contributed by atoms with E-state index >= 15 is 0 Å². The molecule has 1 aromatic carbocycles. The fourth-order valence-corrected chi connectivity index (χ4v) is 4.17. The van der Waals surface area contributed by atoms with Crippen LogP contribution >= 0.6 is 0 Å². The van der Waals surface area contributed by atoms with Gasteiger partial charge in [0.2, 0.25) is 5.95 Å². The topological polar surface area (TPSA) is 87.9 Å². The van der Waals surface area contributed by atoms with E-state index in [0.29, 0.717) is 5.95 Å². The molecular weight excluding hydrogens is 402 g/mol. The lowest BCUT2D eigenvalue weighted by atomic mass is 10.2. The molecule has 0 amide bonds.